The Balaban J connectivity index is 2.36. The smallest absolute Gasteiger partial charge is 0.295 e. The Labute approximate surface area is 68.0 Å². The summed E-state index contributed by atoms with van der Waals surface area (Å²) in [6.45, 7) is 1.22. The molecule has 1 atom stereocenters. The van der Waals surface area contributed by atoms with E-state index in [9.17, 15) is 9.70 Å². The number of carbonyl (C=O) groups is 1. The highest BCUT2D eigenvalue weighted by Crippen LogP contribution is 2.23. The van der Waals surface area contributed by atoms with E-state index in [0.717, 1.165) is 12.3 Å². The number of thioether (sulfide) groups is 1. The Morgan fingerprint density at radius 3 is 3.27 bits per heavy atom. The number of ether oxygens (including phenoxy) is 1. The van der Waals surface area contributed by atoms with E-state index in [0.29, 0.717) is 6.47 Å². The molecule has 1 aliphatic rings. The van der Waals surface area contributed by atoms with E-state index in [1.807, 2.05) is 0 Å². The quantitative estimate of drug-likeness (QED) is 0.453. The second-order valence-electron chi connectivity index (χ2n) is 1.99. The number of nitroso groups, excluding NO2 is 1. The fourth-order valence-corrected chi connectivity index (χ4v) is 1.91. The van der Waals surface area contributed by atoms with Crippen molar-refractivity contribution in [1.82, 2.24) is 4.90 Å². The van der Waals surface area contributed by atoms with Gasteiger partial charge in [-0.1, -0.05) is 5.18 Å². The molecule has 62 valence electrons. The van der Waals surface area contributed by atoms with Crippen molar-refractivity contribution in [3.8, 4) is 0 Å². The van der Waals surface area contributed by atoms with Crippen LogP contribution in [0.3, 0.4) is 0 Å². The maximum Gasteiger partial charge on any atom is 0.295 e. The van der Waals surface area contributed by atoms with Crippen LogP contribution in [0.2, 0.25) is 0 Å². The number of nitrogens with zero attached hydrogens (tertiary/aromatic N) is 2. The highest BCUT2D eigenvalue weighted by atomic mass is 32.2. The molecule has 0 spiro atoms. The lowest BCUT2D eigenvalue weighted by Crippen LogP contribution is -2.30. The molecule has 0 amide bonds. The third kappa shape index (κ3) is 2.16. The van der Waals surface area contributed by atoms with E-state index in [1.54, 1.807) is 4.90 Å². The Morgan fingerprint density at radius 1 is 1.82 bits per heavy atom. The van der Waals surface area contributed by atoms with Gasteiger partial charge < -0.3 is 4.74 Å². The maximum absolute atomic E-state index is 9.94. The Kier molecular flexibility index (Phi) is 3.31. The molecule has 0 aromatic carbocycles. The predicted molar refractivity (Wildman–Crippen MR) is 40.8 cm³/mol. The van der Waals surface area contributed by atoms with Crippen LogP contribution in [0.1, 0.15) is 0 Å². The summed E-state index contributed by atoms with van der Waals surface area (Å²) in [4.78, 5) is 21.5. The van der Waals surface area contributed by atoms with E-state index in [-0.39, 0.29) is 12.2 Å². The first kappa shape index (κ1) is 8.48. The highest BCUT2D eigenvalue weighted by Gasteiger charge is 2.25. The highest BCUT2D eigenvalue weighted by molar-refractivity contribution is 7.99. The van der Waals surface area contributed by atoms with Gasteiger partial charge in [-0.25, -0.2) is 4.90 Å². The summed E-state index contributed by atoms with van der Waals surface area (Å²) in [5.74, 6) is 0.869. The number of carbonyl (C=O) groups excluding carboxylic acids is 1. The molecule has 11 heavy (non-hydrogen) atoms. The zero-order chi connectivity index (χ0) is 8.10. The predicted octanol–water partition coefficient (Wildman–Crippen LogP) is 0.216. The lowest BCUT2D eigenvalue weighted by molar-refractivity contribution is -0.135. The van der Waals surface area contributed by atoms with Gasteiger partial charge in [-0.15, -0.1) is 16.7 Å². The largest absolute Gasteiger partial charge is 0.439 e. The summed E-state index contributed by atoms with van der Waals surface area (Å²) in [7, 11) is 0. The van der Waals surface area contributed by atoms with Crippen molar-refractivity contribution in [2.24, 2.45) is 5.18 Å². The summed E-state index contributed by atoms with van der Waals surface area (Å²) in [6.07, 6.45) is 0. The lowest BCUT2D eigenvalue weighted by atomic mass is 10.6. The molecule has 0 aromatic rings. The molecule has 1 unspecified atom stereocenters. The van der Waals surface area contributed by atoms with Gasteiger partial charge in [0.25, 0.3) is 6.47 Å². The van der Waals surface area contributed by atoms with Gasteiger partial charge >= 0.3 is 0 Å². The van der Waals surface area contributed by atoms with Crippen LogP contribution in [-0.4, -0.2) is 35.9 Å². The SMILES string of the molecule is O=COC1SCCN1CN=O. The zero-order valence-corrected chi connectivity index (χ0v) is 6.62. The molecule has 0 radical (unpaired) electrons. The molecule has 1 saturated heterocycles. The molecule has 6 heteroatoms. The summed E-state index contributed by atoms with van der Waals surface area (Å²) in [6, 6.07) is 0. The molecule has 0 N–H and O–H groups in total. The minimum absolute atomic E-state index is 0.0888. The van der Waals surface area contributed by atoms with Crippen molar-refractivity contribution < 1.29 is 9.53 Å². The average Bonchev–Trinajstić information content (AvgIpc) is 2.39. The molecule has 1 heterocycles. The minimum Gasteiger partial charge on any atom is -0.439 e. The molecule has 1 rings (SSSR count). The Bertz CT molecular complexity index is 139. The average molecular weight is 176 g/mol. The van der Waals surface area contributed by atoms with E-state index < -0.39 is 0 Å². The van der Waals surface area contributed by atoms with Crippen LogP contribution in [0, 0.1) is 4.91 Å². The number of rotatable bonds is 4. The van der Waals surface area contributed by atoms with Crippen molar-refractivity contribution in [1.29, 1.82) is 0 Å². The molecule has 1 aliphatic heterocycles. The van der Waals surface area contributed by atoms with Crippen molar-refractivity contribution in [3.05, 3.63) is 4.91 Å². The van der Waals surface area contributed by atoms with Crippen LogP contribution in [0.15, 0.2) is 5.18 Å². The maximum atomic E-state index is 9.94. The van der Waals surface area contributed by atoms with Gasteiger partial charge in [-0.05, 0) is 0 Å². The first-order valence-electron chi connectivity index (χ1n) is 3.12. The molecular formula is C5H8N2O3S. The summed E-state index contributed by atoms with van der Waals surface area (Å²) >= 11 is 1.49. The fourth-order valence-electron chi connectivity index (χ4n) is 0.866. The van der Waals surface area contributed by atoms with Crippen LogP contribution in [0.5, 0.6) is 0 Å². The minimum atomic E-state index is -0.315. The standard InChI is InChI=1S/C5H8N2O3S/c8-4-10-5-7(3-6-9)1-2-11-5/h4-5H,1-3H2. The first-order valence-corrected chi connectivity index (χ1v) is 4.17. The van der Waals surface area contributed by atoms with Crippen LogP contribution in [-0.2, 0) is 9.53 Å². The van der Waals surface area contributed by atoms with Crippen LogP contribution < -0.4 is 0 Å². The number of hydrogen-bond donors (Lipinski definition) is 0. The summed E-state index contributed by atoms with van der Waals surface area (Å²) < 4.78 is 4.68. The molecular weight excluding hydrogens is 168 g/mol. The molecule has 5 nitrogen and oxygen atoms in total. The lowest BCUT2D eigenvalue weighted by Gasteiger charge is -2.17. The third-order valence-electron chi connectivity index (χ3n) is 1.35. The van der Waals surface area contributed by atoms with Gasteiger partial charge in [0.1, 0.15) is 6.67 Å². The monoisotopic (exact) mass is 176 g/mol. The van der Waals surface area contributed by atoms with Crippen molar-refractivity contribution in [2.75, 3.05) is 19.0 Å². The molecule has 0 aromatic heterocycles. The van der Waals surface area contributed by atoms with Gasteiger partial charge in [0.05, 0.1) is 0 Å². The van der Waals surface area contributed by atoms with Crippen molar-refractivity contribution >= 4 is 18.2 Å². The van der Waals surface area contributed by atoms with Crippen LogP contribution >= 0.6 is 11.8 Å². The number of hydrogen-bond acceptors (Lipinski definition) is 6. The van der Waals surface area contributed by atoms with Crippen molar-refractivity contribution in [3.63, 3.8) is 0 Å². The fraction of sp³-hybridized carbons (Fsp3) is 0.800. The van der Waals surface area contributed by atoms with E-state index >= 15 is 0 Å². The van der Waals surface area contributed by atoms with Gasteiger partial charge in [0, 0.05) is 12.3 Å². The van der Waals surface area contributed by atoms with Crippen LogP contribution in [0.25, 0.3) is 0 Å². The Hall–Kier alpha value is -0.620. The van der Waals surface area contributed by atoms with Gasteiger partial charge in [0.2, 0.25) is 5.56 Å². The van der Waals surface area contributed by atoms with Gasteiger partial charge in [0.15, 0.2) is 0 Å². The first-order chi connectivity index (χ1) is 5.38. The third-order valence-corrected chi connectivity index (χ3v) is 2.46. The molecule has 0 aliphatic carbocycles. The van der Waals surface area contributed by atoms with Crippen molar-refractivity contribution in [2.45, 2.75) is 5.56 Å². The summed E-state index contributed by atoms with van der Waals surface area (Å²) in [5.41, 5.74) is -0.315. The van der Waals surface area contributed by atoms with Gasteiger partial charge in [-0.2, -0.15) is 0 Å². The van der Waals surface area contributed by atoms with E-state index in [1.165, 1.54) is 11.8 Å². The normalized spacial score (nSPS) is 24.9. The Morgan fingerprint density at radius 2 is 2.64 bits per heavy atom. The van der Waals surface area contributed by atoms with E-state index in [4.69, 9.17) is 0 Å². The van der Waals surface area contributed by atoms with Gasteiger partial charge in [-0.3, -0.25) is 4.79 Å². The second-order valence-corrected chi connectivity index (χ2v) is 3.14. The zero-order valence-electron chi connectivity index (χ0n) is 5.80. The summed E-state index contributed by atoms with van der Waals surface area (Å²) in [5, 5.41) is 2.72. The molecule has 0 bridgehead atoms. The van der Waals surface area contributed by atoms with Crippen LogP contribution in [0.4, 0.5) is 0 Å². The molecule has 1 fully saturated rings. The second kappa shape index (κ2) is 4.30. The molecule has 0 saturated carbocycles. The topological polar surface area (TPSA) is 59.0 Å². The van der Waals surface area contributed by atoms with E-state index in [2.05, 4.69) is 9.91 Å².